The van der Waals surface area contributed by atoms with E-state index in [4.69, 9.17) is 9.47 Å². The average molecular weight is 374 g/mol. The third-order valence-corrected chi connectivity index (χ3v) is 5.69. The van der Waals surface area contributed by atoms with E-state index >= 15 is 0 Å². The summed E-state index contributed by atoms with van der Waals surface area (Å²) in [5.41, 5.74) is 1.17. The SMILES string of the molecule is Cc1sc2ncnc(SCC(=O)OCCOc3ccccc3)c2c1C. The summed E-state index contributed by atoms with van der Waals surface area (Å²) in [4.78, 5) is 22.7. The number of benzene rings is 1. The van der Waals surface area contributed by atoms with Crippen molar-refractivity contribution in [2.24, 2.45) is 0 Å². The molecule has 0 fully saturated rings. The Morgan fingerprint density at radius 3 is 2.76 bits per heavy atom. The van der Waals surface area contributed by atoms with Crippen molar-refractivity contribution in [1.82, 2.24) is 9.97 Å². The minimum atomic E-state index is -0.280. The molecule has 1 aromatic carbocycles. The van der Waals surface area contributed by atoms with Crippen molar-refractivity contribution < 1.29 is 14.3 Å². The van der Waals surface area contributed by atoms with Crippen LogP contribution < -0.4 is 4.74 Å². The first-order chi connectivity index (χ1) is 12.1. The molecular weight excluding hydrogens is 356 g/mol. The summed E-state index contributed by atoms with van der Waals surface area (Å²) >= 11 is 3.02. The van der Waals surface area contributed by atoms with E-state index in [9.17, 15) is 4.79 Å². The van der Waals surface area contributed by atoms with Crippen molar-refractivity contribution in [1.29, 1.82) is 0 Å². The first-order valence-electron chi connectivity index (χ1n) is 7.82. The molecule has 3 aromatic rings. The molecule has 7 heteroatoms. The zero-order valence-corrected chi connectivity index (χ0v) is 15.7. The van der Waals surface area contributed by atoms with Gasteiger partial charge >= 0.3 is 5.97 Å². The van der Waals surface area contributed by atoms with Crippen molar-refractivity contribution in [3.05, 3.63) is 47.1 Å². The fourth-order valence-corrected chi connectivity index (χ4v) is 4.18. The molecule has 0 amide bonds. The molecule has 0 aliphatic heterocycles. The van der Waals surface area contributed by atoms with Crippen LogP contribution in [0.15, 0.2) is 41.7 Å². The molecule has 5 nitrogen and oxygen atoms in total. The number of hydrogen-bond donors (Lipinski definition) is 0. The third kappa shape index (κ3) is 4.49. The molecule has 0 atom stereocenters. The summed E-state index contributed by atoms with van der Waals surface area (Å²) in [6, 6.07) is 9.44. The standard InChI is InChI=1S/C18H18N2O3S2/c1-12-13(2)25-18-16(12)17(19-11-20-18)24-10-15(21)23-9-8-22-14-6-4-3-5-7-14/h3-7,11H,8-10H2,1-2H3. The maximum absolute atomic E-state index is 11.9. The lowest BCUT2D eigenvalue weighted by molar-refractivity contribution is -0.141. The van der Waals surface area contributed by atoms with Gasteiger partial charge in [-0.15, -0.1) is 11.3 Å². The number of thioether (sulfide) groups is 1. The van der Waals surface area contributed by atoms with E-state index < -0.39 is 0 Å². The predicted molar refractivity (Wildman–Crippen MR) is 101 cm³/mol. The molecule has 0 spiro atoms. The molecule has 2 heterocycles. The maximum Gasteiger partial charge on any atom is 0.316 e. The van der Waals surface area contributed by atoms with Crippen LogP contribution >= 0.6 is 23.1 Å². The van der Waals surface area contributed by atoms with Crippen LogP contribution in [-0.2, 0) is 9.53 Å². The predicted octanol–water partition coefficient (Wildman–Crippen LogP) is 4.02. The van der Waals surface area contributed by atoms with Gasteiger partial charge in [-0.25, -0.2) is 9.97 Å². The topological polar surface area (TPSA) is 61.3 Å². The van der Waals surface area contributed by atoms with Crippen LogP contribution in [0.1, 0.15) is 10.4 Å². The smallest absolute Gasteiger partial charge is 0.316 e. The molecule has 130 valence electrons. The van der Waals surface area contributed by atoms with Crippen molar-refractivity contribution in [2.75, 3.05) is 19.0 Å². The number of hydrogen-bond acceptors (Lipinski definition) is 7. The van der Waals surface area contributed by atoms with E-state index in [1.807, 2.05) is 30.3 Å². The largest absolute Gasteiger partial charge is 0.490 e. The number of thiophene rings is 1. The van der Waals surface area contributed by atoms with E-state index in [0.717, 1.165) is 21.0 Å². The Kier molecular flexibility index (Phi) is 5.88. The lowest BCUT2D eigenvalue weighted by Crippen LogP contribution is -2.13. The van der Waals surface area contributed by atoms with Crippen molar-refractivity contribution in [3.63, 3.8) is 0 Å². The number of fused-ring (bicyclic) bond motifs is 1. The van der Waals surface area contributed by atoms with Gasteiger partial charge in [-0.05, 0) is 31.5 Å². The summed E-state index contributed by atoms with van der Waals surface area (Å²) in [6.07, 6.45) is 1.54. The van der Waals surface area contributed by atoms with E-state index in [1.165, 1.54) is 22.2 Å². The second-order valence-electron chi connectivity index (χ2n) is 5.31. The average Bonchev–Trinajstić information content (AvgIpc) is 2.93. The van der Waals surface area contributed by atoms with Crippen LogP contribution in [0.5, 0.6) is 5.75 Å². The zero-order valence-electron chi connectivity index (χ0n) is 14.0. The highest BCUT2D eigenvalue weighted by molar-refractivity contribution is 8.00. The highest BCUT2D eigenvalue weighted by Crippen LogP contribution is 2.34. The number of para-hydroxylation sites is 1. The van der Waals surface area contributed by atoms with Gasteiger partial charge in [-0.3, -0.25) is 4.79 Å². The molecule has 0 bridgehead atoms. The Hall–Kier alpha value is -2.12. The van der Waals surface area contributed by atoms with Gasteiger partial charge in [0.1, 0.15) is 35.1 Å². The van der Waals surface area contributed by atoms with E-state index in [1.54, 1.807) is 17.7 Å². The number of aryl methyl sites for hydroxylation is 2. The minimum absolute atomic E-state index is 0.214. The second-order valence-corrected chi connectivity index (χ2v) is 7.48. The van der Waals surface area contributed by atoms with Gasteiger partial charge in [0.15, 0.2) is 0 Å². The minimum Gasteiger partial charge on any atom is -0.490 e. The Balaban J connectivity index is 1.48. The van der Waals surface area contributed by atoms with Crippen LogP contribution in [0.25, 0.3) is 10.2 Å². The number of carbonyl (C=O) groups excluding carboxylic acids is 1. The first kappa shape index (κ1) is 17.7. The summed E-state index contributed by atoms with van der Waals surface area (Å²) in [5.74, 6) is 0.698. The number of esters is 1. The molecule has 0 saturated carbocycles. The molecule has 2 aromatic heterocycles. The lowest BCUT2D eigenvalue weighted by Gasteiger charge is -2.07. The fourth-order valence-electron chi connectivity index (χ4n) is 2.26. The van der Waals surface area contributed by atoms with Gasteiger partial charge in [0.2, 0.25) is 0 Å². The van der Waals surface area contributed by atoms with Crippen molar-refractivity contribution >= 4 is 39.3 Å². The molecule has 0 aliphatic carbocycles. The van der Waals surface area contributed by atoms with E-state index in [2.05, 4.69) is 23.8 Å². The number of rotatable bonds is 7. The highest BCUT2D eigenvalue weighted by atomic mass is 32.2. The van der Waals surface area contributed by atoms with Gasteiger partial charge in [0.25, 0.3) is 0 Å². The van der Waals surface area contributed by atoms with Crippen LogP contribution in [0.4, 0.5) is 0 Å². The normalized spacial score (nSPS) is 10.8. The quantitative estimate of drug-likeness (QED) is 0.269. The second kappa shape index (κ2) is 8.31. The van der Waals surface area contributed by atoms with Crippen molar-refractivity contribution in [3.8, 4) is 5.75 Å². The monoisotopic (exact) mass is 374 g/mol. The van der Waals surface area contributed by atoms with E-state index in [0.29, 0.717) is 6.61 Å². The molecular formula is C18H18N2O3S2. The summed E-state index contributed by atoms with van der Waals surface area (Å²) in [7, 11) is 0. The Morgan fingerprint density at radius 2 is 1.96 bits per heavy atom. The van der Waals surface area contributed by atoms with Gasteiger partial charge in [-0.2, -0.15) is 0 Å². The maximum atomic E-state index is 11.9. The summed E-state index contributed by atoms with van der Waals surface area (Å²) in [5, 5.41) is 1.86. The number of nitrogens with zero attached hydrogens (tertiary/aromatic N) is 2. The fraction of sp³-hybridized carbons (Fsp3) is 0.278. The molecule has 0 aliphatic rings. The molecule has 0 unspecified atom stereocenters. The van der Waals surface area contributed by atoms with E-state index in [-0.39, 0.29) is 18.3 Å². The van der Waals surface area contributed by atoms with Gasteiger partial charge < -0.3 is 9.47 Å². The summed E-state index contributed by atoms with van der Waals surface area (Å²) < 4.78 is 10.7. The summed E-state index contributed by atoms with van der Waals surface area (Å²) in [6.45, 7) is 4.68. The lowest BCUT2D eigenvalue weighted by atomic mass is 10.2. The first-order valence-corrected chi connectivity index (χ1v) is 9.62. The Labute approximate surface area is 154 Å². The van der Waals surface area contributed by atoms with Crippen LogP contribution in [0, 0.1) is 13.8 Å². The molecule has 0 saturated heterocycles. The van der Waals surface area contributed by atoms with Gasteiger partial charge in [0.05, 0.1) is 5.75 Å². The number of aromatic nitrogens is 2. The van der Waals surface area contributed by atoms with Crippen LogP contribution in [0.2, 0.25) is 0 Å². The number of ether oxygens (including phenoxy) is 2. The van der Waals surface area contributed by atoms with Gasteiger partial charge in [0, 0.05) is 10.3 Å². The molecule has 0 N–H and O–H groups in total. The molecule has 0 radical (unpaired) electrons. The highest BCUT2D eigenvalue weighted by Gasteiger charge is 2.14. The number of carbonyl (C=O) groups is 1. The Morgan fingerprint density at radius 1 is 1.16 bits per heavy atom. The van der Waals surface area contributed by atoms with Crippen molar-refractivity contribution in [2.45, 2.75) is 18.9 Å². The zero-order chi connectivity index (χ0) is 17.6. The third-order valence-electron chi connectivity index (χ3n) is 3.62. The van der Waals surface area contributed by atoms with Gasteiger partial charge in [-0.1, -0.05) is 30.0 Å². The van der Waals surface area contributed by atoms with Crippen LogP contribution in [0.3, 0.4) is 0 Å². The Bertz CT molecular complexity index is 865. The molecule has 3 rings (SSSR count). The van der Waals surface area contributed by atoms with Crippen LogP contribution in [-0.4, -0.2) is 34.9 Å². The molecule has 25 heavy (non-hydrogen) atoms.